The molecule has 0 saturated heterocycles. The van der Waals surface area contributed by atoms with Crippen LogP contribution < -0.4 is 5.32 Å². The normalized spacial score (nSPS) is 12.4. The third-order valence-electron chi connectivity index (χ3n) is 2.80. The molecule has 15 heavy (non-hydrogen) atoms. The summed E-state index contributed by atoms with van der Waals surface area (Å²) in [6, 6.07) is 2.67. The molecule has 1 aromatic rings. The van der Waals surface area contributed by atoms with Gasteiger partial charge in [0.15, 0.2) is 0 Å². The predicted octanol–water partition coefficient (Wildman–Crippen LogP) is 2.77. The lowest BCUT2D eigenvalue weighted by molar-refractivity contribution is 0.543. The maximum absolute atomic E-state index is 3.84. The largest absolute Gasteiger partial charge is 0.324 e. The van der Waals surface area contributed by atoms with Crippen molar-refractivity contribution in [2.75, 3.05) is 7.05 Å². The van der Waals surface area contributed by atoms with Gasteiger partial charge in [-0.2, -0.15) is 0 Å². The van der Waals surface area contributed by atoms with Gasteiger partial charge in [-0.05, 0) is 37.6 Å². The molecule has 2 heteroatoms. The molecule has 0 aromatic carbocycles. The van der Waals surface area contributed by atoms with Crippen molar-refractivity contribution in [2.45, 2.75) is 25.8 Å². The van der Waals surface area contributed by atoms with E-state index in [1.807, 2.05) is 23.9 Å². The smallest absolute Gasteiger partial charge is 0.0476 e. The Morgan fingerprint density at radius 1 is 1.53 bits per heavy atom. The van der Waals surface area contributed by atoms with Gasteiger partial charge in [-0.3, -0.25) is 0 Å². The van der Waals surface area contributed by atoms with Gasteiger partial charge in [-0.25, -0.2) is 0 Å². The molecule has 0 saturated carbocycles. The van der Waals surface area contributed by atoms with Crippen LogP contribution in [-0.2, 0) is 6.42 Å². The number of nitrogens with one attached hydrogen (secondary N) is 1. The highest BCUT2D eigenvalue weighted by Crippen LogP contribution is 2.15. The van der Waals surface area contributed by atoms with Crippen LogP contribution in [0.2, 0.25) is 0 Å². The molecule has 1 atom stereocenters. The second kappa shape index (κ2) is 5.56. The molecule has 1 rings (SSSR count). The van der Waals surface area contributed by atoms with E-state index in [9.17, 15) is 0 Å². The lowest BCUT2D eigenvalue weighted by atomic mass is 10.0. The Kier molecular flexibility index (Phi) is 4.37. The summed E-state index contributed by atoms with van der Waals surface area (Å²) < 4.78 is 2.00. The van der Waals surface area contributed by atoms with Gasteiger partial charge in [-0.1, -0.05) is 20.1 Å². The lowest BCUT2D eigenvalue weighted by Crippen LogP contribution is -2.26. The highest BCUT2D eigenvalue weighted by atomic mass is 14.9. The molecule has 0 aliphatic heterocycles. The Morgan fingerprint density at radius 3 is 2.73 bits per heavy atom. The second-order valence-corrected chi connectivity index (χ2v) is 3.62. The number of hydrogen-bond acceptors (Lipinski definition) is 1. The number of likely N-dealkylation sites (N-methyl/N-ethyl adjacent to an activating group) is 1. The molecular weight excluding hydrogens is 184 g/mol. The molecule has 1 aromatic heterocycles. The highest BCUT2D eigenvalue weighted by molar-refractivity contribution is 5.52. The third-order valence-corrected chi connectivity index (χ3v) is 2.80. The Morgan fingerprint density at radius 2 is 2.27 bits per heavy atom. The fourth-order valence-corrected chi connectivity index (χ4v) is 1.79. The van der Waals surface area contributed by atoms with Crippen LogP contribution in [0.1, 0.15) is 24.6 Å². The van der Waals surface area contributed by atoms with Gasteiger partial charge < -0.3 is 9.88 Å². The van der Waals surface area contributed by atoms with Crippen molar-refractivity contribution in [1.29, 1.82) is 0 Å². The van der Waals surface area contributed by atoms with Crippen molar-refractivity contribution in [3.8, 4) is 0 Å². The van der Waals surface area contributed by atoms with E-state index in [-0.39, 0.29) is 0 Å². The number of hydrogen-bond donors (Lipinski definition) is 1. The van der Waals surface area contributed by atoms with Crippen LogP contribution in [0.3, 0.4) is 0 Å². The first-order valence-electron chi connectivity index (χ1n) is 5.38. The van der Waals surface area contributed by atoms with Crippen LogP contribution in [0.5, 0.6) is 0 Å². The van der Waals surface area contributed by atoms with E-state index < -0.39 is 0 Å². The summed E-state index contributed by atoms with van der Waals surface area (Å²) in [5.41, 5.74) is 2.48. The van der Waals surface area contributed by atoms with E-state index >= 15 is 0 Å². The number of aromatic nitrogens is 1. The minimum Gasteiger partial charge on any atom is -0.324 e. The summed E-state index contributed by atoms with van der Waals surface area (Å²) in [4.78, 5) is 0. The topological polar surface area (TPSA) is 17.0 Å². The molecule has 0 aliphatic carbocycles. The predicted molar refractivity (Wildman–Crippen MR) is 67.8 cm³/mol. The van der Waals surface area contributed by atoms with Gasteiger partial charge >= 0.3 is 0 Å². The van der Waals surface area contributed by atoms with Crippen LogP contribution >= 0.6 is 0 Å². The van der Waals surface area contributed by atoms with Gasteiger partial charge in [0.05, 0.1) is 0 Å². The molecule has 0 spiro atoms. The Balaban J connectivity index is 2.89. The summed E-state index contributed by atoms with van der Waals surface area (Å²) in [5, 5.41) is 3.31. The summed E-state index contributed by atoms with van der Waals surface area (Å²) in [6.07, 6.45) is 7.89. The quantitative estimate of drug-likeness (QED) is 0.754. The number of rotatable bonds is 6. The van der Waals surface area contributed by atoms with Gasteiger partial charge in [0.25, 0.3) is 0 Å². The van der Waals surface area contributed by atoms with Crippen molar-refractivity contribution >= 4 is 12.3 Å². The summed E-state index contributed by atoms with van der Waals surface area (Å²) >= 11 is 0. The monoisotopic (exact) mass is 204 g/mol. The minimum absolute atomic E-state index is 0.532. The van der Waals surface area contributed by atoms with E-state index in [4.69, 9.17) is 0 Å². The lowest BCUT2D eigenvalue weighted by Gasteiger charge is -2.13. The maximum Gasteiger partial charge on any atom is 0.0476 e. The summed E-state index contributed by atoms with van der Waals surface area (Å²) in [6.45, 7) is 9.81. The van der Waals surface area contributed by atoms with Crippen molar-refractivity contribution < 1.29 is 0 Å². The standard InChI is InChI=1S/C13H20N2/c1-5-12(14-4)10-11-8-9-15(7-3)13(11)6-2/h6-9,12,14H,2-3,5,10H2,1,4H3. The van der Waals surface area contributed by atoms with Crippen molar-refractivity contribution in [2.24, 2.45) is 0 Å². The summed E-state index contributed by atoms with van der Waals surface area (Å²) in [5.74, 6) is 0. The average molecular weight is 204 g/mol. The Labute approximate surface area is 92.3 Å². The van der Waals surface area contributed by atoms with Crippen LogP contribution in [-0.4, -0.2) is 17.7 Å². The fraction of sp³-hybridized carbons (Fsp3) is 0.385. The minimum atomic E-state index is 0.532. The van der Waals surface area contributed by atoms with Gasteiger partial charge in [0, 0.05) is 24.1 Å². The van der Waals surface area contributed by atoms with Gasteiger partial charge in [0.2, 0.25) is 0 Å². The van der Waals surface area contributed by atoms with E-state index in [1.54, 1.807) is 6.20 Å². The molecule has 0 fully saturated rings. The maximum atomic E-state index is 3.84. The van der Waals surface area contributed by atoms with Crippen LogP contribution in [0.4, 0.5) is 0 Å². The first kappa shape index (κ1) is 11.8. The summed E-state index contributed by atoms with van der Waals surface area (Å²) in [7, 11) is 2.01. The Hall–Kier alpha value is -1.28. The molecular formula is C13H20N2. The molecule has 2 nitrogen and oxygen atoms in total. The van der Waals surface area contributed by atoms with Crippen molar-refractivity contribution in [3.05, 3.63) is 36.7 Å². The molecule has 1 N–H and O–H groups in total. The van der Waals surface area contributed by atoms with Crippen LogP contribution in [0.15, 0.2) is 25.4 Å². The van der Waals surface area contributed by atoms with E-state index in [0.717, 1.165) is 18.5 Å². The van der Waals surface area contributed by atoms with Gasteiger partial charge in [0.1, 0.15) is 0 Å². The zero-order chi connectivity index (χ0) is 11.3. The molecule has 0 aliphatic rings. The zero-order valence-corrected chi connectivity index (χ0v) is 9.66. The van der Waals surface area contributed by atoms with Gasteiger partial charge in [-0.15, -0.1) is 0 Å². The van der Waals surface area contributed by atoms with E-state index in [1.165, 1.54) is 5.56 Å². The first-order chi connectivity index (χ1) is 7.26. The highest BCUT2D eigenvalue weighted by Gasteiger charge is 2.09. The zero-order valence-electron chi connectivity index (χ0n) is 9.66. The fourth-order valence-electron chi connectivity index (χ4n) is 1.79. The first-order valence-corrected chi connectivity index (χ1v) is 5.38. The third kappa shape index (κ3) is 2.60. The molecule has 0 radical (unpaired) electrons. The molecule has 1 heterocycles. The van der Waals surface area contributed by atoms with Crippen molar-refractivity contribution in [1.82, 2.24) is 9.88 Å². The van der Waals surface area contributed by atoms with Crippen LogP contribution in [0, 0.1) is 0 Å². The molecule has 1 unspecified atom stereocenters. The van der Waals surface area contributed by atoms with Crippen LogP contribution in [0.25, 0.3) is 12.3 Å². The molecule has 0 bridgehead atoms. The van der Waals surface area contributed by atoms with E-state index in [0.29, 0.717) is 6.04 Å². The number of nitrogens with zero attached hydrogens (tertiary/aromatic N) is 1. The second-order valence-electron chi connectivity index (χ2n) is 3.62. The van der Waals surface area contributed by atoms with Crippen molar-refractivity contribution in [3.63, 3.8) is 0 Å². The molecule has 0 amide bonds. The van der Waals surface area contributed by atoms with E-state index in [2.05, 4.69) is 31.5 Å². The SMILES string of the molecule is C=Cc1c(CC(CC)NC)ccn1C=C. The molecule has 82 valence electrons. The Bertz CT molecular complexity index is 332. The average Bonchev–Trinajstić information content (AvgIpc) is 2.67.